The molecule has 3 aromatic carbocycles. The summed E-state index contributed by atoms with van der Waals surface area (Å²) in [4.78, 5) is 12.4. The average Bonchev–Trinajstić information content (AvgIpc) is 2.62. The average molecular weight is 304 g/mol. The van der Waals surface area contributed by atoms with Crippen LogP contribution in [0.5, 0.6) is 5.75 Å². The number of methoxy groups -OCH3 is 1. The Morgan fingerprint density at radius 1 is 0.826 bits per heavy atom. The first-order valence-electron chi connectivity index (χ1n) is 7.27. The van der Waals surface area contributed by atoms with Crippen LogP contribution in [-0.4, -0.2) is 18.2 Å². The number of rotatable bonds is 3. The molecule has 0 heterocycles. The van der Waals surface area contributed by atoms with E-state index in [0.29, 0.717) is 16.7 Å². The van der Waals surface area contributed by atoms with Gasteiger partial charge in [-0.25, -0.2) is 4.79 Å². The summed E-state index contributed by atoms with van der Waals surface area (Å²) in [5, 5.41) is 10.1. The van der Waals surface area contributed by atoms with Crippen LogP contribution >= 0.6 is 0 Å². The molecule has 23 heavy (non-hydrogen) atoms. The first kappa shape index (κ1) is 14.9. The molecule has 0 spiro atoms. The maximum absolute atomic E-state index is 12.4. The molecular formula is C20H16O3. The summed E-state index contributed by atoms with van der Waals surface area (Å²) < 4.78 is 4.98. The van der Waals surface area contributed by atoms with Crippen LogP contribution in [0.1, 0.15) is 10.4 Å². The Morgan fingerprint density at radius 3 is 1.65 bits per heavy atom. The zero-order valence-corrected chi connectivity index (χ0v) is 12.7. The largest absolute Gasteiger partial charge is 0.508 e. The lowest BCUT2D eigenvalue weighted by Crippen LogP contribution is -2.06. The quantitative estimate of drug-likeness (QED) is 0.724. The molecule has 0 aromatic heterocycles. The predicted octanol–water partition coefficient (Wildman–Crippen LogP) is 4.51. The van der Waals surface area contributed by atoms with Gasteiger partial charge in [-0.15, -0.1) is 0 Å². The molecule has 114 valence electrons. The van der Waals surface area contributed by atoms with Gasteiger partial charge in [0.15, 0.2) is 0 Å². The van der Waals surface area contributed by atoms with Crippen molar-refractivity contribution >= 4 is 5.97 Å². The number of esters is 1. The van der Waals surface area contributed by atoms with Gasteiger partial charge < -0.3 is 9.84 Å². The number of phenols is 1. The van der Waals surface area contributed by atoms with Crippen LogP contribution in [0.15, 0.2) is 72.8 Å². The first-order valence-corrected chi connectivity index (χ1v) is 7.27. The lowest BCUT2D eigenvalue weighted by Gasteiger charge is -2.14. The van der Waals surface area contributed by atoms with Crippen LogP contribution in [0.25, 0.3) is 22.3 Å². The van der Waals surface area contributed by atoms with E-state index >= 15 is 0 Å². The van der Waals surface area contributed by atoms with Crippen LogP contribution in [0.4, 0.5) is 0 Å². The lowest BCUT2D eigenvalue weighted by atomic mass is 9.91. The third-order valence-electron chi connectivity index (χ3n) is 3.68. The fraction of sp³-hybridized carbons (Fsp3) is 0.0500. The highest BCUT2D eigenvalue weighted by molar-refractivity contribution is 6.04. The van der Waals surface area contributed by atoms with Crippen LogP contribution in [0.2, 0.25) is 0 Å². The van der Waals surface area contributed by atoms with Crippen molar-refractivity contribution < 1.29 is 14.6 Å². The van der Waals surface area contributed by atoms with Gasteiger partial charge in [0.25, 0.3) is 0 Å². The van der Waals surface area contributed by atoms with E-state index in [1.54, 1.807) is 12.1 Å². The van der Waals surface area contributed by atoms with Gasteiger partial charge in [-0.1, -0.05) is 60.7 Å². The number of hydrogen-bond acceptors (Lipinski definition) is 3. The van der Waals surface area contributed by atoms with Crippen LogP contribution in [0, 0.1) is 0 Å². The Kier molecular flexibility index (Phi) is 4.11. The summed E-state index contributed by atoms with van der Waals surface area (Å²) in [5.74, 6) is -0.321. The van der Waals surface area contributed by atoms with Crippen LogP contribution in [-0.2, 0) is 4.74 Å². The van der Waals surface area contributed by atoms with Crippen molar-refractivity contribution in [2.24, 2.45) is 0 Å². The summed E-state index contributed by atoms with van der Waals surface area (Å²) in [7, 11) is 1.36. The van der Waals surface area contributed by atoms with Gasteiger partial charge in [-0.05, 0) is 23.3 Å². The number of ether oxygens (including phenoxy) is 1. The van der Waals surface area contributed by atoms with Crippen molar-refractivity contribution in [1.82, 2.24) is 0 Å². The van der Waals surface area contributed by atoms with E-state index < -0.39 is 5.97 Å². The first-order chi connectivity index (χ1) is 11.2. The third-order valence-corrected chi connectivity index (χ3v) is 3.68. The van der Waals surface area contributed by atoms with Crippen molar-refractivity contribution in [3.05, 3.63) is 78.4 Å². The number of carbonyl (C=O) groups is 1. The van der Waals surface area contributed by atoms with E-state index in [1.807, 2.05) is 60.7 Å². The number of carbonyl (C=O) groups excluding carboxylic acids is 1. The number of benzene rings is 3. The number of aromatic hydroxyl groups is 1. The van der Waals surface area contributed by atoms with Gasteiger partial charge in [0.05, 0.1) is 12.7 Å². The van der Waals surface area contributed by atoms with Gasteiger partial charge in [-0.2, -0.15) is 0 Å². The van der Waals surface area contributed by atoms with Gasteiger partial charge in [0.1, 0.15) is 5.75 Å². The molecule has 0 aliphatic rings. The van der Waals surface area contributed by atoms with Gasteiger partial charge in [0.2, 0.25) is 0 Å². The van der Waals surface area contributed by atoms with E-state index in [9.17, 15) is 9.90 Å². The van der Waals surface area contributed by atoms with Crippen molar-refractivity contribution in [2.75, 3.05) is 7.11 Å². The third kappa shape index (κ3) is 2.94. The minimum Gasteiger partial charge on any atom is -0.508 e. The molecule has 0 radical (unpaired) electrons. The molecule has 0 aliphatic heterocycles. The Hall–Kier alpha value is -3.07. The lowest BCUT2D eigenvalue weighted by molar-refractivity contribution is 0.0602. The van der Waals surface area contributed by atoms with Gasteiger partial charge in [-0.3, -0.25) is 0 Å². The summed E-state index contributed by atoms with van der Waals surface area (Å²) in [5.41, 5.74) is 3.44. The molecule has 0 saturated heterocycles. The predicted molar refractivity (Wildman–Crippen MR) is 90.3 cm³/mol. The van der Waals surface area contributed by atoms with E-state index in [4.69, 9.17) is 4.74 Å². The smallest absolute Gasteiger partial charge is 0.339 e. The SMILES string of the molecule is COC(=O)c1c(-c2ccccc2)cc(O)cc1-c1ccccc1. The highest BCUT2D eigenvalue weighted by Crippen LogP contribution is 2.36. The van der Waals surface area contributed by atoms with Crippen LogP contribution < -0.4 is 0 Å². The van der Waals surface area contributed by atoms with Crippen molar-refractivity contribution in [1.29, 1.82) is 0 Å². The second kappa shape index (κ2) is 6.36. The Labute approximate surface area is 134 Å². The molecule has 0 unspecified atom stereocenters. The summed E-state index contributed by atoms with van der Waals surface area (Å²) in [6, 6.07) is 22.2. The molecular weight excluding hydrogens is 288 g/mol. The summed E-state index contributed by atoms with van der Waals surface area (Å²) in [6.45, 7) is 0. The minimum atomic E-state index is -0.428. The number of phenolic OH excluding ortho intramolecular Hbond substituents is 1. The monoisotopic (exact) mass is 304 g/mol. The Morgan fingerprint density at radius 2 is 1.26 bits per heavy atom. The van der Waals surface area contributed by atoms with E-state index in [0.717, 1.165) is 11.1 Å². The second-order valence-electron chi connectivity index (χ2n) is 5.14. The fourth-order valence-electron chi connectivity index (χ4n) is 2.64. The molecule has 1 N–H and O–H groups in total. The molecule has 0 aliphatic carbocycles. The molecule has 0 fully saturated rings. The van der Waals surface area contributed by atoms with E-state index in [1.165, 1.54) is 7.11 Å². The van der Waals surface area contributed by atoms with Crippen LogP contribution in [0.3, 0.4) is 0 Å². The minimum absolute atomic E-state index is 0.107. The highest BCUT2D eigenvalue weighted by Gasteiger charge is 2.20. The normalized spacial score (nSPS) is 10.3. The second-order valence-corrected chi connectivity index (χ2v) is 5.14. The van der Waals surface area contributed by atoms with Crippen molar-refractivity contribution in [2.45, 2.75) is 0 Å². The maximum Gasteiger partial charge on any atom is 0.339 e. The molecule has 3 aromatic rings. The van der Waals surface area contributed by atoms with E-state index in [2.05, 4.69) is 0 Å². The maximum atomic E-state index is 12.4. The Bertz CT molecular complexity index is 764. The summed E-state index contributed by atoms with van der Waals surface area (Å²) >= 11 is 0. The fourth-order valence-corrected chi connectivity index (χ4v) is 2.64. The van der Waals surface area contributed by atoms with E-state index in [-0.39, 0.29) is 5.75 Å². The molecule has 3 heteroatoms. The highest BCUT2D eigenvalue weighted by atomic mass is 16.5. The van der Waals surface area contributed by atoms with Gasteiger partial charge in [0, 0.05) is 11.1 Å². The van der Waals surface area contributed by atoms with Gasteiger partial charge >= 0.3 is 5.97 Å². The molecule has 0 amide bonds. The standard InChI is InChI=1S/C20H16O3/c1-23-20(22)19-17(14-8-4-2-5-9-14)12-16(21)13-18(19)15-10-6-3-7-11-15/h2-13,21H,1H3. The molecule has 3 rings (SSSR count). The van der Waals surface area contributed by atoms with Crippen molar-refractivity contribution in [3.8, 4) is 28.0 Å². The zero-order chi connectivity index (χ0) is 16.2. The molecule has 0 atom stereocenters. The molecule has 0 bridgehead atoms. The topological polar surface area (TPSA) is 46.5 Å². The zero-order valence-electron chi connectivity index (χ0n) is 12.7. The number of hydrogen-bond donors (Lipinski definition) is 1. The summed E-state index contributed by atoms with van der Waals surface area (Å²) in [6.07, 6.45) is 0. The Balaban J connectivity index is 2.32. The van der Waals surface area contributed by atoms with Crippen molar-refractivity contribution in [3.63, 3.8) is 0 Å². The molecule has 3 nitrogen and oxygen atoms in total. The molecule has 0 saturated carbocycles.